The van der Waals surface area contributed by atoms with Gasteiger partial charge in [0.05, 0.1) is 18.8 Å². The molecule has 1 unspecified atom stereocenters. The monoisotopic (exact) mass is 391 g/mol. The van der Waals surface area contributed by atoms with Gasteiger partial charge in [0, 0.05) is 30.6 Å². The molecule has 7 nitrogen and oxygen atoms in total. The van der Waals surface area contributed by atoms with Crippen LogP contribution in [0.15, 0.2) is 24.3 Å². The number of hydrogen-bond donors (Lipinski definition) is 0. The summed E-state index contributed by atoms with van der Waals surface area (Å²) in [5.41, 5.74) is 1.97. The van der Waals surface area contributed by atoms with Gasteiger partial charge in [-0.15, -0.1) is 0 Å². The predicted molar refractivity (Wildman–Crippen MR) is 99.8 cm³/mol. The van der Waals surface area contributed by atoms with Crippen LogP contribution in [0, 0.1) is 0 Å². The lowest BCUT2D eigenvalue weighted by Gasteiger charge is -2.29. The average molecular weight is 392 g/mol. The number of rotatable bonds is 5. The molecule has 1 aliphatic heterocycles. The second-order valence-corrected chi connectivity index (χ2v) is 6.78. The summed E-state index contributed by atoms with van der Waals surface area (Å²) < 4.78 is 12.4. The molecular weight excluding hydrogens is 370 g/mol. The molecule has 0 N–H and O–H groups in total. The Kier molecular flexibility index (Phi) is 5.70. The molecule has 0 aliphatic carbocycles. The van der Waals surface area contributed by atoms with Gasteiger partial charge in [-0.1, -0.05) is 11.6 Å². The van der Waals surface area contributed by atoms with Gasteiger partial charge in [0.2, 0.25) is 0 Å². The van der Waals surface area contributed by atoms with Crippen LogP contribution >= 0.6 is 11.6 Å². The van der Waals surface area contributed by atoms with Gasteiger partial charge < -0.3 is 14.4 Å². The van der Waals surface area contributed by atoms with E-state index in [1.54, 1.807) is 50.1 Å². The highest BCUT2D eigenvalue weighted by Crippen LogP contribution is 2.24. The zero-order chi connectivity index (χ0) is 19.6. The van der Waals surface area contributed by atoms with Crippen molar-refractivity contribution in [3.63, 3.8) is 0 Å². The Bertz CT molecular complexity index is 847. The number of fused-ring (bicyclic) bond motifs is 1. The number of carbonyl (C=O) groups excluding carboxylic acids is 2. The fourth-order valence-electron chi connectivity index (χ4n) is 3.17. The fraction of sp³-hybridized carbons (Fsp3) is 0.421. The van der Waals surface area contributed by atoms with Crippen LogP contribution in [0.25, 0.3) is 0 Å². The third-order valence-corrected chi connectivity index (χ3v) is 4.70. The first kappa shape index (κ1) is 19.2. The van der Waals surface area contributed by atoms with Gasteiger partial charge in [-0.25, -0.2) is 4.79 Å². The van der Waals surface area contributed by atoms with Crippen molar-refractivity contribution < 1.29 is 19.1 Å². The number of benzene rings is 1. The van der Waals surface area contributed by atoms with Crippen LogP contribution in [-0.4, -0.2) is 45.8 Å². The van der Waals surface area contributed by atoms with Crippen molar-refractivity contribution in [2.24, 2.45) is 7.05 Å². The summed E-state index contributed by atoms with van der Waals surface area (Å²) in [6.07, 6.45) is -0.0717. The van der Waals surface area contributed by atoms with Crippen molar-refractivity contribution in [3.8, 4) is 5.75 Å². The molecule has 27 heavy (non-hydrogen) atoms. The molecule has 3 rings (SSSR count). The number of esters is 1. The average Bonchev–Trinajstić information content (AvgIpc) is 2.98. The van der Waals surface area contributed by atoms with Crippen LogP contribution in [0.4, 0.5) is 0 Å². The highest BCUT2D eigenvalue weighted by Gasteiger charge is 2.32. The number of nitrogens with zero attached hydrogens (tertiary/aromatic N) is 3. The SMILES string of the molecule is CCOC(=O)c1c2c(nn1C)CCN(C(=O)C(C)Oc1ccc(Cl)cc1)C2. The van der Waals surface area contributed by atoms with Crippen molar-refractivity contribution in [3.05, 3.63) is 46.2 Å². The van der Waals surface area contributed by atoms with E-state index in [1.165, 1.54) is 4.68 Å². The Balaban J connectivity index is 1.73. The third kappa shape index (κ3) is 4.08. The van der Waals surface area contributed by atoms with Gasteiger partial charge in [-0.05, 0) is 38.1 Å². The maximum atomic E-state index is 12.8. The Morgan fingerprint density at radius 1 is 1.30 bits per heavy atom. The standard InChI is InChI=1S/C19H22ClN3O4/c1-4-26-19(25)17-15-11-23(10-9-16(15)21-22(17)3)18(24)12(2)27-14-7-5-13(20)6-8-14/h5-8,12H,4,9-11H2,1-3H3. The first-order chi connectivity index (χ1) is 12.9. The highest BCUT2D eigenvalue weighted by molar-refractivity contribution is 6.30. The van der Waals surface area contributed by atoms with Crippen LogP contribution in [0.2, 0.25) is 5.02 Å². The zero-order valence-electron chi connectivity index (χ0n) is 15.6. The molecule has 2 heterocycles. The van der Waals surface area contributed by atoms with E-state index in [2.05, 4.69) is 5.10 Å². The van der Waals surface area contributed by atoms with Gasteiger partial charge in [0.15, 0.2) is 11.8 Å². The first-order valence-electron chi connectivity index (χ1n) is 8.83. The lowest BCUT2D eigenvalue weighted by Crippen LogP contribution is -2.43. The van der Waals surface area contributed by atoms with Crippen molar-refractivity contribution >= 4 is 23.5 Å². The van der Waals surface area contributed by atoms with Crippen LogP contribution in [-0.2, 0) is 29.5 Å². The molecule has 1 aromatic heterocycles. The molecule has 0 radical (unpaired) electrons. The quantitative estimate of drug-likeness (QED) is 0.732. The number of amides is 1. The van der Waals surface area contributed by atoms with Crippen LogP contribution in [0.5, 0.6) is 5.75 Å². The molecule has 0 bridgehead atoms. The van der Waals surface area contributed by atoms with E-state index in [-0.39, 0.29) is 12.5 Å². The van der Waals surface area contributed by atoms with Crippen molar-refractivity contribution in [1.82, 2.24) is 14.7 Å². The number of aromatic nitrogens is 2. The van der Waals surface area contributed by atoms with Crippen molar-refractivity contribution in [2.75, 3.05) is 13.2 Å². The molecule has 0 spiro atoms. The Hall–Kier alpha value is -2.54. The molecular formula is C19H22ClN3O4. The van der Waals surface area contributed by atoms with E-state index in [1.807, 2.05) is 0 Å². The van der Waals surface area contributed by atoms with Crippen molar-refractivity contribution in [2.45, 2.75) is 32.9 Å². The fourth-order valence-corrected chi connectivity index (χ4v) is 3.29. The van der Waals surface area contributed by atoms with Gasteiger partial charge >= 0.3 is 5.97 Å². The Morgan fingerprint density at radius 2 is 2.00 bits per heavy atom. The van der Waals surface area contributed by atoms with E-state index in [0.29, 0.717) is 36.0 Å². The molecule has 0 saturated heterocycles. The molecule has 1 aliphatic rings. The van der Waals surface area contributed by atoms with Gasteiger partial charge in [-0.2, -0.15) is 5.10 Å². The number of carbonyl (C=O) groups is 2. The van der Waals surface area contributed by atoms with Crippen LogP contribution in [0.3, 0.4) is 0 Å². The van der Waals surface area contributed by atoms with E-state index in [4.69, 9.17) is 21.1 Å². The molecule has 1 atom stereocenters. The number of ether oxygens (including phenoxy) is 2. The molecule has 1 aromatic carbocycles. The summed E-state index contributed by atoms with van der Waals surface area (Å²) in [6, 6.07) is 6.87. The molecule has 144 valence electrons. The lowest BCUT2D eigenvalue weighted by atomic mass is 10.0. The van der Waals surface area contributed by atoms with Gasteiger partial charge in [0.1, 0.15) is 5.75 Å². The molecule has 0 saturated carbocycles. The Labute approximate surface area is 162 Å². The smallest absolute Gasteiger partial charge is 0.356 e. The second-order valence-electron chi connectivity index (χ2n) is 6.34. The second kappa shape index (κ2) is 8.00. The largest absolute Gasteiger partial charge is 0.481 e. The van der Waals surface area contributed by atoms with Crippen LogP contribution in [0.1, 0.15) is 35.6 Å². The minimum atomic E-state index is -0.657. The molecule has 0 fully saturated rings. The third-order valence-electron chi connectivity index (χ3n) is 4.45. The van der Waals surface area contributed by atoms with E-state index >= 15 is 0 Å². The summed E-state index contributed by atoms with van der Waals surface area (Å²) >= 11 is 5.87. The lowest BCUT2D eigenvalue weighted by molar-refractivity contribution is -0.138. The van der Waals surface area contributed by atoms with Crippen LogP contribution < -0.4 is 4.74 Å². The first-order valence-corrected chi connectivity index (χ1v) is 9.21. The highest BCUT2D eigenvalue weighted by atomic mass is 35.5. The number of halogens is 1. The van der Waals surface area contributed by atoms with E-state index < -0.39 is 12.1 Å². The predicted octanol–water partition coefficient (Wildman–Crippen LogP) is 2.60. The zero-order valence-corrected chi connectivity index (χ0v) is 16.3. The summed E-state index contributed by atoms with van der Waals surface area (Å²) in [4.78, 5) is 26.8. The summed E-state index contributed by atoms with van der Waals surface area (Å²) in [6.45, 7) is 4.59. The Morgan fingerprint density at radius 3 is 2.67 bits per heavy atom. The normalized spacial score (nSPS) is 14.4. The van der Waals surface area contributed by atoms with Gasteiger partial charge in [-0.3, -0.25) is 9.48 Å². The maximum Gasteiger partial charge on any atom is 0.356 e. The minimum absolute atomic E-state index is 0.144. The summed E-state index contributed by atoms with van der Waals surface area (Å²) in [5.74, 6) is 0.00862. The van der Waals surface area contributed by atoms with E-state index in [9.17, 15) is 9.59 Å². The minimum Gasteiger partial charge on any atom is -0.481 e. The molecule has 8 heteroatoms. The molecule has 1 amide bonds. The van der Waals surface area contributed by atoms with E-state index in [0.717, 1.165) is 11.3 Å². The summed E-state index contributed by atoms with van der Waals surface area (Å²) in [7, 11) is 1.71. The number of hydrogen-bond acceptors (Lipinski definition) is 5. The summed E-state index contributed by atoms with van der Waals surface area (Å²) in [5, 5.41) is 5.01. The topological polar surface area (TPSA) is 73.7 Å². The number of aryl methyl sites for hydroxylation is 1. The molecule has 2 aromatic rings. The van der Waals surface area contributed by atoms with Gasteiger partial charge in [0.25, 0.3) is 5.91 Å². The van der Waals surface area contributed by atoms with Crippen molar-refractivity contribution in [1.29, 1.82) is 0 Å². The maximum absolute atomic E-state index is 12.8.